The first-order chi connectivity index (χ1) is 4.75. The monoisotopic (exact) mass is 144 g/mol. The van der Waals surface area contributed by atoms with Gasteiger partial charge in [-0.25, -0.2) is 8.78 Å². The number of hydrogen-bond acceptors (Lipinski definition) is 0. The molecule has 0 saturated carbocycles. The van der Waals surface area contributed by atoms with Gasteiger partial charge >= 0.3 is 0 Å². The first-order valence-corrected chi connectivity index (χ1v) is 2.98. The second-order valence-corrected chi connectivity index (χ2v) is 1.96. The van der Waals surface area contributed by atoms with Gasteiger partial charge in [-0.1, -0.05) is 12.1 Å². The SMILES string of the molecule is [NH3+]Cc1cccc(F)c1F. The summed E-state index contributed by atoms with van der Waals surface area (Å²) < 4.78 is 25.0. The summed E-state index contributed by atoms with van der Waals surface area (Å²) in [6.45, 7) is 0.281. The highest BCUT2D eigenvalue weighted by Crippen LogP contribution is 2.09. The topological polar surface area (TPSA) is 27.6 Å². The second-order valence-electron chi connectivity index (χ2n) is 1.96. The lowest BCUT2D eigenvalue weighted by atomic mass is 10.2. The van der Waals surface area contributed by atoms with Crippen molar-refractivity contribution in [1.29, 1.82) is 0 Å². The van der Waals surface area contributed by atoms with Crippen LogP contribution in [0.3, 0.4) is 0 Å². The maximum Gasteiger partial charge on any atom is 0.167 e. The summed E-state index contributed by atoms with van der Waals surface area (Å²) in [7, 11) is 0. The van der Waals surface area contributed by atoms with Crippen molar-refractivity contribution < 1.29 is 14.5 Å². The Kier molecular flexibility index (Phi) is 1.97. The molecule has 0 unspecified atom stereocenters. The summed E-state index contributed by atoms with van der Waals surface area (Å²) in [5.74, 6) is -1.58. The maximum atomic E-state index is 12.6. The number of benzene rings is 1. The molecule has 0 radical (unpaired) electrons. The Morgan fingerprint density at radius 3 is 2.50 bits per heavy atom. The van der Waals surface area contributed by atoms with Crippen LogP contribution in [-0.2, 0) is 6.54 Å². The van der Waals surface area contributed by atoms with Crippen molar-refractivity contribution in [3.63, 3.8) is 0 Å². The van der Waals surface area contributed by atoms with Crippen molar-refractivity contribution in [2.24, 2.45) is 0 Å². The Bertz CT molecular complexity index is 235. The van der Waals surface area contributed by atoms with E-state index in [0.29, 0.717) is 5.56 Å². The van der Waals surface area contributed by atoms with Crippen molar-refractivity contribution >= 4 is 0 Å². The summed E-state index contributed by atoms with van der Waals surface area (Å²) >= 11 is 0. The summed E-state index contributed by atoms with van der Waals surface area (Å²) in [4.78, 5) is 0. The Morgan fingerprint density at radius 1 is 1.30 bits per heavy atom. The summed E-state index contributed by atoms with van der Waals surface area (Å²) in [6, 6.07) is 4.08. The van der Waals surface area contributed by atoms with E-state index < -0.39 is 11.6 Å². The zero-order valence-electron chi connectivity index (χ0n) is 5.40. The van der Waals surface area contributed by atoms with Crippen molar-refractivity contribution in [3.05, 3.63) is 35.4 Å². The molecule has 0 aliphatic carbocycles. The first-order valence-electron chi connectivity index (χ1n) is 2.98. The Labute approximate surface area is 57.5 Å². The van der Waals surface area contributed by atoms with Gasteiger partial charge in [0.25, 0.3) is 0 Å². The summed E-state index contributed by atoms with van der Waals surface area (Å²) in [6.07, 6.45) is 0. The molecule has 0 heterocycles. The molecule has 1 aromatic rings. The molecule has 1 rings (SSSR count). The highest BCUT2D eigenvalue weighted by molar-refractivity contribution is 5.17. The van der Waals surface area contributed by atoms with Crippen LogP contribution in [-0.4, -0.2) is 0 Å². The van der Waals surface area contributed by atoms with Crippen LogP contribution in [0.1, 0.15) is 5.56 Å². The third-order valence-corrected chi connectivity index (χ3v) is 1.30. The molecule has 0 aromatic heterocycles. The standard InChI is InChI=1S/C7H7F2N/c8-6-3-1-2-5(4-10)7(6)9/h1-3H,4,10H2/p+1. The van der Waals surface area contributed by atoms with E-state index in [1.807, 2.05) is 0 Å². The van der Waals surface area contributed by atoms with Gasteiger partial charge in [-0.2, -0.15) is 0 Å². The zero-order chi connectivity index (χ0) is 7.56. The lowest BCUT2D eigenvalue weighted by molar-refractivity contribution is -0.387. The molecular formula is C7H8F2N+. The van der Waals surface area contributed by atoms with Gasteiger partial charge in [-0.05, 0) is 6.07 Å². The molecule has 0 amide bonds. The van der Waals surface area contributed by atoms with Gasteiger partial charge in [0.1, 0.15) is 6.54 Å². The molecule has 1 nitrogen and oxygen atoms in total. The molecule has 3 heteroatoms. The number of halogens is 2. The lowest BCUT2D eigenvalue weighted by Crippen LogP contribution is -2.47. The fraction of sp³-hybridized carbons (Fsp3) is 0.143. The third-order valence-electron chi connectivity index (χ3n) is 1.30. The van der Waals surface area contributed by atoms with Crippen LogP contribution in [0.5, 0.6) is 0 Å². The average molecular weight is 144 g/mol. The van der Waals surface area contributed by atoms with Crippen molar-refractivity contribution in [2.45, 2.75) is 6.54 Å². The van der Waals surface area contributed by atoms with Crippen LogP contribution in [0, 0.1) is 11.6 Å². The van der Waals surface area contributed by atoms with Crippen LogP contribution in [0.25, 0.3) is 0 Å². The van der Waals surface area contributed by atoms with Gasteiger partial charge in [-0.3, -0.25) is 0 Å². The fourth-order valence-electron chi connectivity index (χ4n) is 0.742. The highest BCUT2D eigenvalue weighted by Gasteiger charge is 2.05. The predicted molar refractivity (Wildman–Crippen MR) is 33.0 cm³/mol. The van der Waals surface area contributed by atoms with E-state index in [9.17, 15) is 8.78 Å². The minimum Gasteiger partial charge on any atom is -0.354 e. The van der Waals surface area contributed by atoms with Crippen LogP contribution in [0.15, 0.2) is 18.2 Å². The lowest BCUT2D eigenvalue weighted by Gasteiger charge is -1.95. The fourth-order valence-corrected chi connectivity index (χ4v) is 0.742. The molecule has 0 atom stereocenters. The molecule has 0 aliphatic rings. The van der Waals surface area contributed by atoms with Gasteiger partial charge < -0.3 is 5.73 Å². The quantitative estimate of drug-likeness (QED) is 0.601. The van der Waals surface area contributed by atoms with Crippen molar-refractivity contribution in [3.8, 4) is 0 Å². The van der Waals surface area contributed by atoms with Gasteiger partial charge in [0.2, 0.25) is 0 Å². The molecular weight excluding hydrogens is 136 g/mol. The molecule has 54 valence electrons. The van der Waals surface area contributed by atoms with E-state index in [0.717, 1.165) is 6.07 Å². The van der Waals surface area contributed by atoms with Gasteiger partial charge in [0.05, 0.1) is 0 Å². The minimum absolute atomic E-state index is 0.281. The molecule has 0 saturated heterocycles. The Balaban J connectivity index is 3.14. The van der Waals surface area contributed by atoms with E-state index in [2.05, 4.69) is 5.73 Å². The van der Waals surface area contributed by atoms with E-state index >= 15 is 0 Å². The smallest absolute Gasteiger partial charge is 0.167 e. The van der Waals surface area contributed by atoms with Crippen molar-refractivity contribution in [2.75, 3.05) is 0 Å². The van der Waals surface area contributed by atoms with Crippen LogP contribution in [0.2, 0.25) is 0 Å². The Morgan fingerprint density at radius 2 is 2.00 bits per heavy atom. The first kappa shape index (κ1) is 7.15. The van der Waals surface area contributed by atoms with E-state index in [1.165, 1.54) is 12.1 Å². The predicted octanol–water partition coefficient (Wildman–Crippen LogP) is 0.707. The molecule has 0 bridgehead atoms. The highest BCUT2D eigenvalue weighted by atomic mass is 19.2. The van der Waals surface area contributed by atoms with Crippen LogP contribution in [0.4, 0.5) is 8.78 Å². The average Bonchev–Trinajstić information content (AvgIpc) is 1.95. The molecule has 10 heavy (non-hydrogen) atoms. The molecule has 0 spiro atoms. The zero-order valence-corrected chi connectivity index (χ0v) is 5.40. The third kappa shape index (κ3) is 1.14. The van der Waals surface area contributed by atoms with Crippen LogP contribution >= 0.6 is 0 Å². The molecule has 3 N–H and O–H groups in total. The summed E-state index contributed by atoms with van der Waals surface area (Å²) in [5.41, 5.74) is 3.77. The largest absolute Gasteiger partial charge is 0.354 e. The molecule has 1 aromatic carbocycles. The van der Waals surface area contributed by atoms with Gasteiger partial charge in [0, 0.05) is 5.56 Å². The van der Waals surface area contributed by atoms with E-state index in [-0.39, 0.29) is 6.54 Å². The minimum atomic E-state index is -0.804. The molecule has 0 aliphatic heterocycles. The van der Waals surface area contributed by atoms with E-state index in [1.54, 1.807) is 0 Å². The van der Waals surface area contributed by atoms with Crippen LogP contribution < -0.4 is 5.73 Å². The van der Waals surface area contributed by atoms with Gasteiger partial charge in [-0.15, -0.1) is 0 Å². The van der Waals surface area contributed by atoms with Gasteiger partial charge in [0.15, 0.2) is 11.6 Å². The van der Waals surface area contributed by atoms with E-state index in [4.69, 9.17) is 0 Å². The van der Waals surface area contributed by atoms with Crippen molar-refractivity contribution in [1.82, 2.24) is 0 Å². The number of rotatable bonds is 1. The molecule has 0 fully saturated rings. The summed E-state index contributed by atoms with van der Waals surface area (Å²) in [5, 5.41) is 0. The maximum absolute atomic E-state index is 12.6. The Hall–Kier alpha value is -0.960. The normalized spacial score (nSPS) is 9.90. The second kappa shape index (κ2) is 2.75. The number of hydrogen-bond donors (Lipinski definition) is 1. The number of quaternary nitrogens is 1.